The molecule has 1 aromatic rings. The first kappa shape index (κ1) is 12.9. The Kier molecular flexibility index (Phi) is 3.71. The van der Waals surface area contributed by atoms with Crippen molar-refractivity contribution in [1.29, 1.82) is 0 Å². The van der Waals surface area contributed by atoms with Gasteiger partial charge in [0.2, 0.25) is 0 Å². The molecule has 19 heavy (non-hydrogen) atoms. The van der Waals surface area contributed by atoms with Crippen LogP contribution in [-0.2, 0) is 6.54 Å². The van der Waals surface area contributed by atoms with E-state index in [0.29, 0.717) is 0 Å². The highest BCUT2D eigenvalue weighted by atomic mass is 15.3. The summed E-state index contributed by atoms with van der Waals surface area (Å²) in [6, 6.07) is 3.69. The number of aromatic nitrogens is 1. The molecule has 104 valence electrons. The van der Waals surface area contributed by atoms with Crippen LogP contribution in [0, 0.1) is 0 Å². The Balaban J connectivity index is 1.82. The molecule has 2 aliphatic heterocycles. The van der Waals surface area contributed by atoms with Crippen molar-refractivity contribution in [3.8, 4) is 0 Å². The molecule has 2 fully saturated rings. The highest BCUT2D eigenvalue weighted by Gasteiger charge is 2.34. The Morgan fingerprint density at radius 1 is 1.32 bits per heavy atom. The Hall–Kier alpha value is -1.13. The van der Waals surface area contributed by atoms with Gasteiger partial charge >= 0.3 is 0 Å². The first-order chi connectivity index (χ1) is 9.29. The van der Waals surface area contributed by atoms with Crippen molar-refractivity contribution in [2.24, 2.45) is 0 Å². The molecule has 4 heteroatoms. The summed E-state index contributed by atoms with van der Waals surface area (Å²) in [5, 5.41) is 3.24. The predicted octanol–water partition coefficient (Wildman–Crippen LogP) is 1.47. The Morgan fingerprint density at radius 3 is 3.00 bits per heavy atom. The Labute approximate surface area is 115 Å². The van der Waals surface area contributed by atoms with Gasteiger partial charge in [-0.25, -0.2) is 0 Å². The molecule has 1 N–H and O–H groups in total. The van der Waals surface area contributed by atoms with E-state index in [0.717, 1.165) is 25.2 Å². The maximum atomic E-state index is 4.27. The number of rotatable bonds is 3. The van der Waals surface area contributed by atoms with Crippen molar-refractivity contribution in [2.75, 3.05) is 32.1 Å². The zero-order valence-corrected chi connectivity index (χ0v) is 12.0. The quantitative estimate of drug-likeness (QED) is 0.892. The summed E-state index contributed by atoms with van der Waals surface area (Å²) in [7, 11) is 4.29. The second-order valence-electron chi connectivity index (χ2n) is 5.82. The molecular formula is C15H24N4. The lowest BCUT2D eigenvalue weighted by atomic mass is 10.1. The normalized spacial score (nSPS) is 27.6. The summed E-state index contributed by atoms with van der Waals surface area (Å²) < 4.78 is 0. The Bertz CT molecular complexity index is 434. The van der Waals surface area contributed by atoms with Crippen LogP contribution >= 0.6 is 0 Å². The monoisotopic (exact) mass is 260 g/mol. The lowest BCUT2D eigenvalue weighted by Crippen LogP contribution is -2.37. The van der Waals surface area contributed by atoms with Crippen LogP contribution in [0.3, 0.4) is 0 Å². The predicted molar refractivity (Wildman–Crippen MR) is 78.4 cm³/mol. The molecule has 4 nitrogen and oxygen atoms in total. The summed E-state index contributed by atoms with van der Waals surface area (Å²) >= 11 is 0. The summed E-state index contributed by atoms with van der Waals surface area (Å²) in [4.78, 5) is 9.43. The molecule has 0 amide bonds. The topological polar surface area (TPSA) is 31.4 Å². The lowest BCUT2D eigenvalue weighted by Gasteiger charge is -2.29. The van der Waals surface area contributed by atoms with E-state index in [1.54, 1.807) is 0 Å². The maximum absolute atomic E-state index is 4.27. The number of likely N-dealkylation sites (N-methyl/N-ethyl adjacent to an activating group) is 1. The van der Waals surface area contributed by atoms with E-state index in [9.17, 15) is 0 Å². The van der Waals surface area contributed by atoms with Gasteiger partial charge < -0.3 is 10.2 Å². The number of fused-ring (bicyclic) bond motifs is 2. The second kappa shape index (κ2) is 5.47. The van der Waals surface area contributed by atoms with Crippen molar-refractivity contribution in [3.05, 3.63) is 24.0 Å². The molecule has 2 atom stereocenters. The molecule has 2 saturated heterocycles. The molecule has 3 heterocycles. The lowest BCUT2D eigenvalue weighted by molar-refractivity contribution is 0.254. The molecular weight excluding hydrogens is 236 g/mol. The van der Waals surface area contributed by atoms with Crippen molar-refractivity contribution >= 4 is 5.69 Å². The van der Waals surface area contributed by atoms with Gasteiger partial charge in [-0.2, -0.15) is 0 Å². The zero-order chi connectivity index (χ0) is 13.2. The number of hydrogen-bond donors (Lipinski definition) is 1. The summed E-state index contributed by atoms with van der Waals surface area (Å²) in [6.07, 6.45) is 7.94. The fourth-order valence-electron chi connectivity index (χ4n) is 3.58. The first-order valence-corrected chi connectivity index (χ1v) is 7.34. The molecule has 1 aromatic heterocycles. The maximum Gasteiger partial charge on any atom is 0.0443 e. The molecule has 0 radical (unpaired) electrons. The average Bonchev–Trinajstić information content (AvgIpc) is 2.65. The minimum absolute atomic E-state index is 0.725. The van der Waals surface area contributed by atoms with Gasteiger partial charge in [0.15, 0.2) is 0 Å². The van der Waals surface area contributed by atoms with Crippen molar-refractivity contribution < 1.29 is 0 Å². The van der Waals surface area contributed by atoms with Crippen LogP contribution in [0.2, 0.25) is 0 Å². The molecule has 0 aromatic carbocycles. The van der Waals surface area contributed by atoms with Crippen LogP contribution in [0.4, 0.5) is 5.69 Å². The number of hydrogen-bond acceptors (Lipinski definition) is 4. The smallest absolute Gasteiger partial charge is 0.0443 e. The van der Waals surface area contributed by atoms with Gasteiger partial charge in [-0.05, 0) is 39.4 Å². The Morgan fingerprint density at radius 2 is 2.16 bits per heavy atom. The second-order valence-corrected chi connectivity index (χ2v) is 5.82. The van der Waals surface area contributed by atoms with Crippen LogP contribution in [0.25, 0.3) is 0 Å². The summed E-state index contributed by atoms with van der Waals surface area (Å²) in [5.74, 6) is 0. The number of nitrogens with zero attached hydrogens (tertiary/aromatic N) is 3. The van der Waals surface area contributed by atoms with Crippen LogP contribution in [0.5, 0.6) is 0 Å². The van der Waals surface area contributed by atoms with Crippen molar-refractivity contribution in [2.45, 2.75) is 37.9 Å². The molecule has 0 saturated carbocycles. The number of anilines is 1. The van der Waals surface area contributed by atoms with Crippen molar-refractivity contribution in [1.82, 2.24) is 15.2 Å². The third-order valence-corrected chi connectivity index (χ3v) is 4.73. The zero-order valence-electron chi connectivity index (χ0n) is 12.0. The average molecular weight is 260 g/mol. The largest absolute Gasteiger partial charge is 0.370 e. The third kappa shape index (κ3) is 2.47. The van der Waals surface area contributed by atoms with Gasteiger partial charge in [0.1, 0.15) is 0 Å². The van der Waals surface area contributed by atoms with E-state index in [1.165, 1.54) is 37.1 Å². The van der Waals surface area contributed by atoms with E-state index >= 15 is 0 Å². The van der Waals surface area contributed by atoms with Gasteiger partial charge in [-0.3, -0.25) is 9.88 Å². The first-order valence-electron chi connectivity index (χ1n) is 7.34. The van der Waals surface area contributed by atoms with E-state index in [-0.39, 0.29) is 0 Å². The van der Waals surface area contributed by atoms with Gasteiger partial charge in [-0.15, -0.1) is 0 Å². The van der Waals surface area contributed by atoms with E-state index in [2.05, 4.69) is 33.2 Å². The van der Waals surface area contributed by atoms with Gasteiger partial charge in [0.05, 0.1) is 0 Å². The molecule has 2 unspecified atom stereocenters. The van der Waals surface area contributed by atoms with Crippen LogP contribution < -0.4 is 10.2 Å². The van der Waals surface area contributed by atoms with Gasteiger partial charge in [0, 0.05) is 55.4 Å². The summed E-state index contributed by atoms with van der Waals surface area (Å²) in [6.45, 7) is 3.23. The minimum Gasteiger partial charge on any atom is -0.370 e. The highest BCUT2D eigenvalue weighted by molar-refractivity contribution is 5.52. The van der Waals surface area contributed by atoms with Gasteiger partial charge in [0.25, 0.3) is 0 Å². The summed E-state index contributed by atoms with van der Waals surface area (Å²) in [5.41, 5.74) is 2.68. The number of nitrogens with one attached hydrogen (secondary N) is 1. The van der Waals surface area contributed by atoms with Crippen LogP contribution in [0.15, 0.2) is 18.5 Å². The molecule has 2 aliphatic rings. The van der Waals surface area contributed by atoms with Crippen molar-refractivity contribution in [3.63, 3.8) is 0 Å². The van der Waals surface area contributed by atoms with E-state index in [4.69, 9.17) is 0 Å². The number of pyridine rings is 1. The fourth-order valence-corrected chi connectivity index (χ4v) is 3.58. The van der Waals surface area contributed by atoms with E-state index < -0.39 is 0 Å². The third-order valence-electron chi connectivity index (χ3n) is 4.73. The molecule has 3 rings (SSSR count). The van der Waals surface area contributed by atoms with Crippen LogP contribution in [-0.4, -0.2) is 49.2 Å². The van der Waals surface area contributed by atoms with Crippen LogP contribution in [0.1, 0.15) is 24.8 Å². The highest BCUT2D eigenvalue weighted by Crippen LogP contribution is 2.31. The standard InChI is InChI=1S/C15H24N4/c1-16-9-12-10-17-7-5-15(12)19-8-6-13-3-4-14(11-19)18(13)2/h5,7,10,13-14,16H,3-4,6,8-9,11H2,1-2H3. The SMILES string of the molecule is CNCc1cnccc1N1CCC2CCC(C1)N2C. The molecule has 0 spiro atoms. The minimum atomic E-state index is 0.725. The molecule has 2 bridgehead atoms. The fraction of sp³-hybridized carbons (Fsp3) is 0.667. The van der Waals surface area contributed by atoms with E-state index in [1.807, 2.05) is 19.4 Å². The van der Waals surface area contributed by atoms with Gasteiger partial charge in [-0.1, -0.05) is 0 Å². The molecule has 0 aliphatic carbocycles.